The van der Waals surface area contributed by atoms with Crippen LogP contribution in [0.3, 0.4) is 0 Å². The second-order valence-corrected chi connectivity index (χ2v) is 4.50. The summed E-state index contributed by atoms with van der Waals surface area (Å²) in [4.78, 5) is 28.7. The third-order valence-electron chi connectivity index (χ3n) is 3.03. The number of carboxylic acids is 1. The lowest BCUT2D eigenvalue weighted by Gasteiger charge is -2.17. The van der Waals surface area contributed by atoms with Gasteiger partial charge in [-0.3, -0.25) is 4.79 Å². The van der Waals surface area contributed by atoms with Crippen molar-refractivity contribution in [2.24, 2.45) is 7.05 Å². The van der Waals surface area contributed by atoms with Gasteiger partial charge < -0.3 is 14.6 Å². The average Bonchev–Trinajstić information content (AvgIpc) is 2.83. The number of aromatic carboxylic acids is 1. The fraction of sp³-hybridized carbons (Fsp3) is 0.214. The third kappa shape index (κ3) is 2.85. The Labute approximate surface area is 116 Å². The molecule has 0 atom stereocenters. The van der Waals surface area contributed by atoms with Crippen molar-refractivity contribution < 1.29 is 14.7 Å². The molecule has 1 aromatic heterocycles. The lowest BCUT2D eigenvalue weighted by molar-refractivity contribution is 0.0695. The molecule has 0 aliphatic carbocycles. The number of hydrogen-bond donors (Lipinski definition) is 1. The predicted octanol–water partition coefficient (Wildman–Crippen LogP) is 1.39. The highest BCUT2D eigenvalue weighted by atomic mass is 16.4. The Morgan fingerprint density at radius 2 is 1.85 bits per heavy atom. The molecule has 6 nitrogen and oxygen atoms in total. The average molecular weight is 273 g/mol. The van der Waals surface area contributed by atoms with Gasteiger partial charge >= 0.3 is 5.97 Å². The van der Waals surface area contributed by atoms with E-state index in [2.05, 4.69) is 4.98 Å². The molecule has 0 spiro atoms. The van der Waals surface area contributed by atoms with Crippen molar-refractivity contribution in [2.45, 2.75) is 6.54 Å². The highest BCUT2D eigenvalue weighted by molar-refractivity contribution is 5.95. The van der Waals surface area contributed by atoms with Gasteiger partial charge in [0.2, 0.25) is 0 Å². The van der Waals surface area contributed by atoms with Crippen LogP contribution >= 0.6 is 0 Å². The monoisotopic (exact) mass is 273 g/mol. The van der Waals surface area contributed by atoms with Crippen LogP contribution in [0.5, 0.6) is 0 Å². The van der Waals surface area contributed by atoms with Gasteiger partial charge in [-0.05, 0) is 24.3 Å². The molecule has 1 amide bonds. The topological polar surface area (TPSA) is 75.4 Å². The van der Waals surface area contributed by atoms with Gasteiger partial charge in [0.05, 0.1) is 12.1 Å². The summed E-state index contributed by atoms with van der Waals surface area (Å²) in [6.07, 6.45) is 3.49. The summed E-state index contributed by atoms with van der Waals surface area (Å²) in [5, 5.41) is 8.82. The van der Waals surface area contributed by atoms with Crippen LogP contribution in [0.25, 0.3) is 0 Å². The highest BCUT2D eigenvalue weighted by Crippen LogP contribution is 2.09. The maximum atomic E-state index is 12.2. The van der Waals surface area contributed by atoms with Gasteiger partial charge in [-0.25, -0.2) is 9.78 Å². The third-order valence-corrected chi connectivity index (χ3v) is 3.03. The number of aromatic nitrogens is 2. The number of aryl methyl sites for hydroxylation is 1. The number of carbonyl (C=O) groups excluding carboxylic acids is 1. The molecule has 1 heterocycles. The lowest BCUT2D eigenvalue weighted by atomic mass is 10.1. The Hall–Kier alpha value is -2.63. The van der Waals surface area contributed by atoms with Crippen LogP contribution in [0.4, 0.5) is 0 Å². The molecule has 104 valence electrons. The van der Waals surface area contributed by atoms with Crippen molar-refractivity contribution in [3.05, 3.63) is 53.6 Å². The maximum Gasteiger partial charge on any atom is 0.335 e. The molecule has 2 aromatic rings. The van der Waals surface area contributed by atoms with Crippen LogP contribution in [0.1, 0.15) is 26.5 Å². The van der Waals surface area contributed by atoms with Crippen LogP contribution in [0.2, 0.25) is 0 Å². The van der Waals surface area contributed by atoms with Crippen molar-refractivity contribution in [1.82, 2.24) is 14.5 Å². The minimum Gasteiger partial charge on any atom is -0.478 e. The zero-order valence-electron chi connectivity index (χ0n) is 11.3. The Kier molecular flexibility index (Phi) is 3.84. The van der Waals surface area contributed by atoms with Gasteiger partial charge in [0.15, 0.2) is 0 Å². The fourth-order valence-corrected chi connectivity index (χ4v) is 1.81. The smallest absolute Gasteiger partial charge is 0.335 e. The molecule has 0 bridgehead atoms. The van der Waals surface area contributed by atoms with Crippen molar-refractivity contribution in [3.63, 3.8) is 0 Å². The standard InChI is InChI=1S/C14H15N3O3/c1-16-8-7-15-12(16)9-17(2)13(18)10-3-5-11(6-4-10)14(19)20/h3-8H,9H2,1-2H3,(H,19,20). The molecule has 2 rings (SSSR count). The molecule has 0 saturated heterocycles. The molecule has 6 heteroatoms. The van der Waals surface area contributed by atoms with E-state index in [1.165, 1.54) is 29.2 Å². The summed E-state index contributed by atoms with van der Waals surface area (Å²) in [5.41, 5.74) is 0.611. The molecule has 0 aliphatic rings. The summed E-state index contributed by atoms with van der Waals surface area (Å²) < 4.78 is 1.84. The zero-order valence-corrected chi connectivity index (χ0v) is 11.3. The molecule has 0 fully saturated rings. The number of imidazole rings is 1. The summed E-state index contributed by atoms with van der Waals surface area (Å²) in [5.74, 6) is -0.404. The van der Waals surface area contributed by atoms with Gasteiger partial charge in [0.25, 0.3) is 5.91 Å². The first kappa shape index (κ1) is 13.8. The van der Waals surface area contributed by atoms with Crippen molar-refractivity contribution in [3.8, 4) is 0 Å². The van der Waals surface area contributed by atoms with Crippen LogP contribution in [0.15, 0.2) is 36.7 Å². The van der Waals surface area contributed by atoms with E-state index in [0.717, 1.165) is 5.82 Å². The number of rotatable bonds is 4. The number of nitrogens with zero attached hydrogens (tertiary/aromatic N) is 3. The SMILES string of the molecule is CN(Cc1nccn1C)C(=O)c1ccc(C(=O)O)cc1. The zero-order chi connectivity index (χ0) is 14.7. The Morgan fingerprint density at radius 1 is 1.25 bits per heavy atom. The van der Waals surface area contributed by atoms with Crippen LogP contribution in [0, 0.1) is 0 Å². The van der Waals surface area contributed by atoms with E-state index in [4.69, 9.17) is 5.11 Å². The molecular weight excluding hydrogens is 258 g/mol. The number of benzene rings is 1. The predicted molar refractivity (Wildman–Crippen MR) is 72.4 cm³/mol. The van der Waals surface area contributed by atoms with E-state index in [1.54, 1.807) is 13.2 Å². The Morgan fingerprint density at radius 3 is 2.35 bits per heavy atom. The first-order chi connectivity index (χ1) is 9.49. The summed E-state index contributed by atoms with van der Waals surface area (Å²) >= 11 is 0. The van der Waals surface area contributed by atoms with E-state index in [9.17, 15) is 9.59 Å². The molecule has 0 unspecified atom stereocenters. The van der Waals surface area contributed by atoms with Crippen molar-refractivity contribution in [1.29, 1.82) is 0 Å². The number of carboxylic acid groups (broad SMARTS) is 1. The minimum atomic E-state index is -1.01. The first-order valence-corrected chi connectivity index (χ1v) is 6.04. The summed E-state index contributed by atoms with van der Waals surface area (Å²) in [6.45, 7) is 0.392. The molecule has 0 saturated carbocycles. The van der Waals surface area contributed by atoms with Gasteiger partial charge in [-0.15, -0.1) is 0 Å². The molecule has 20 heavy (non-hydrogen) atoms. The van der Waals surface area contributed by atoms with Gasteiger partial charge in [-0.2, -0.15) is 0 Å². The van der Waals surface area contributed by atoms with Crippen LogP contribution in [-0.2, 0) is 13.6 Å². The summed E-state index contributed by atoms with van der Waals surface area (Å²) in [6, 6.07) is 5.87. The quantitative estimate of drug-likeness (QED) is 0.913. The molecule has 1 aromatic carbocycles. The van der Waals surface area contributed by atoms with E-state index >= 15 is 0 Å². The number of hydrogen-bond acceptors (Lipinski definition) is 3. The van der Waals surface area contributed by atoms with Crippen LogP contribution < -0.4 is 0 Å². The highest BCUT2D eigenvalue weighted by Gasteiger charge is 2.14. The second-order valence-electron chi connectivity index (χ2n) is 4.50. The fourth-order valence-electron chi connectivity index (χ4n) is 1.81. The van der Waals surface area contributed by atoms with E-state index in [0.29, 0.717) is 12.1 Å². The van der Waals surface area contributed by atoms with Crippen molar-refractivity contribution in [2.75, 3.05) is 7.05 Å². The van der Waals surface area contributed by atoms with Gasteiger partial charge in [0.1, 0.15) is 5.82 Å². The van der Waals surface area contributed by atoms with Crippen molar-refractivity contribution >= 4 is 11.9 Å². The second kappa shape index (κ2) is 5.56. The summed E-state index contributed by atoms with van der Waals surface area (Å²) in [7, 11) is 3.55. The largest absolute Gasteiger partial charge is 0.478 e. The Bertz CT molecular complexity index is 631. The van der Waals surface area contributed by atoms with E-state index in [-0.39, 0.29) is 11.5 Å². The number of amides is 1. The maximum absolute atomic E-state index is 12.2. The molecule has 0 aliphatic heterocycles. The van der Waals surface area contributed by atoms with Gasteiger partial charge in [0, 0.05) is 32.1 Å². The molecule has 0 radical (unpaired) electrons. The van der Waals surface area contributed by atoms with Crippen LogP contribution in [-0.4, -0.2) is 38.5 Å². The molecular formula is C14H15N3O3. The normalized spacial score (nSPS) is 10.3. The first-order valence-electron chi connectivity index (χ1n) is 6.04. The molecule has 1 N–H and O–H groups in total. The lowest BCUT2D eigenvalue weighted by Crippen LogP contribution is -2.27. The minimum absolute atomic E-state index is 0.160. The van der Waals surface area contributed by atoms with E-state index < -0.39 is 5.97 Å². The Balaban J connectivity index is 2.10. The van der Waals surface area contributed by atoms with E-state index in [1.807, 2.05) is 17.8 Å². The van der Waals surface area contributed by atoms with Gasteiger partial charge in [-0.1, -0.05) is 0 Å². The number of carbonyl (C=O) groups is 2.